The summed E-state index contributed by atoms with van der Waals surface area (Å²) in [5.41, 5.74) is 4.53. The zero-order chi connectivity index (χ0) is 24.1. The molecule has 0 radical (unpaired) electrons. The Kier molecular flexibility index (Phi) is 20.9. The van der Waals surface area contributed by atoms with Crippen molar-refractivity contribution in [2.45, 2.75) is 119 Å². The normalized spacial score (nSPS) is 12.0. The Morgan fingerprint density at radius 1 is 1.00 bits per heavy atom. The Balaban J connectivity index is 0. The van der Waals surface area contributed by atoms with Crippen LogP contribution < -0.4 is 5.32 Å². The lowest BCUT2D eigenvalue weighted by Gasteiger charge is -2.32. The summed E-state index contributed by atoms with van der Waals surface area (Å²) in [5, 5.41) is 3.17. The molecule has 0 fully saturated rings. The van der Waals surface area contributed by atoms with Crippen molar-refractivity contribution in [3.05, 3.63) is 60.3 Å². The van der Waals surface area contributed by atoms with E-state index in [-0.39, 0.29) is 5.41 Å². The Morgan fingerprint density at radius 3 is 2.13 bits per heavy atom. The lowest BCUT2D eigenvalue weighted by Crippen LogP contribution is -2.23. The second-order valence-electron chi connectivity index (χ2n) is 8.74. The summed E-state index contributed by atoms with van der Waals surface area (Å²) in [6.07, 6.45) is 15.0. The summed E-state index contributed by atoms with van der Waals surface area (Å²) in [7, 11) is 0. The van der Waals surface area contributed by atoms with E-state index in [1.165, 1.54) is 68.1 Å². The van der Waals surface area contributed by atoms with Crippen molar-refractivity contribution in [2.75, 3.05) is 6.54 Å². The summed E-state index contributed by atoms with van der Waals surface area (Å²) in [4.78, 5) is 0. The first-order chi connectivity index (χ1) is 14.9. The van der Waals surface area contributed by atoms with Gasteiger partial charge in [-0.1, -0.05) is 105 Å². The molecule has 0 heterocycles. The fraction of sp³-hybridized carbons (Fsp3) is 0.667. The zero-order valence-corrected chi connectivity index (χ0v) is 22.4. The van der Waals surface area contributed by atoms with Crippen LogP contribution in [-0.2, 0) is 11.8 Å². The van der Waals surface area contributed by atoms with E-state index in [2.05, 4.69) is 84.3 Å². The van der Waals surface area contributed by atoms with Crippen LogP contribution in [0.15, 0.2) is 43.6 Å². The Labute approximate surface area is 196 Å². The third kappa shape index (κ3) is 13.5. The molecular weight excluding hydrogens is 374 g/mol. The van der Waals surface area contributed by atoms with Crippen molar-refractivity contribution in [1.82, 2.24) is 5.32 Å². The van der Waals surface area contributed by atoms with Gasteiger partial charge in [-0.2, -0.15) is 0 Å². The lowest BCUT2D eigenvalue weighted by molar-refractivity contribution is 0.451. The molecule has 0 aliphatic rings. The third-order valence-electron chi connectivity index (χ3n) is 6.08. The predicted molar refractivity (Wildman–Crippen MR) is 145 cm³/mol. The van der Waals surface area contributed by atoms with Crippen LogP contribution in [-0.4, -0.2) is 6.54 Å². The largest absolute Gasteiger partial charge is 0.391 e. The second kappa shape index (κ2) is 20.4. The van der Waals surface area contributed by atoms with E-state index in [0.29, 0.717) is 0 Å². The molecule has 0 amide bonds. The molecule has 0 aliphatic carbocycles. The van der Waals surface area contributed by atoms with E-state index in [9.17, 15) is 0 Å². The maximum Gasteiger partial charge on any atom is 0.0141 e. The highest BCUT2D eigenvalue weighted by atomic mass is 14.8. The molecule has 1 unspecified atom stereocenters. The second-order valence-corrected chi connectivity index (χ2v) is 8.74. The average Bonchev–Trinajstić information content (AvgIpc) is 2.80. The van der Waals surface area contributed by atoms with E-state index < -0.39 is 0 Å². The number of allylic oxidation sites excluding steroid dienone is 1. The molecule has 1 rings (SSSR count). The molecular formula is C30H55N. The highest BCUT2D eigenvalue weighted by Gasteiger charge is 2.27. The zero-order valence-electron chi connectivity index (χ0n) is 22.4. The molecule has 180 valence electrons. The minimum absolute atomic E-state index is 0.143. The molecule has 0 aliphatic heterocycles. The smallest absolute Gasteiger partial charge is 0.0141 e. The number of hydrogen-bond donors (Lipinski definition) is 1. The molecule has 0 saturated carbocycles. The molecule has 1 aromatic carbocycles. The quantitative estimate of drug-likeness (QED) is 0.229. The van der Waals surface area contributed by atoms with Crippen LogP contribution >= 0.6 is 0 Å². The fourth-order valence-corrected chi connectivity index (χ4v) is 3.55. The van der Waals surface area contributed by atoms with Gasteiger partial charge in [0.1, 0.15) is 0 Å². The van der Waals surface area contributed by atoms with Crippen molar-refractivity contribution in [2.24, 2.45) is 5.92 Å². The van der Waals surface area contributed by atoms with Crippen molar-refractivity contribution in [3.63, 3.8) is 0 Å². The first kappa shape index (κ1) is 31.7. The van der Waals surface area contributed by atoms with Crippen molar-refractivity contribution >= 4 is 0 Å². The number of aryl methyl sites for hydroxylation is 2. The lowest BCUT2D eigenvalue weighted by atomic mass is 9.72. The summed E-state index contributed by atoms with van der Waals surface area (Å²) in [6.45, 7) is 26.4. The Bertz CT molecular complexity index is 558. The van der Waals surface area contributed by atoms with Crippen LogP contribution in [0.2, 0.25) is 0 Å². The fourth-order valence-electron chi connectivity index (χ4n) is 3.55. The number of benzene rings is 1. The summed E-state index contributed by atoms with van der Waals surface area (Å²) >= 11 is 0. The van der Waals surface area contributed by atoms with Crippen LogP contribution in [0.3, 0.4) is 0 Å². The van der Waals surface area contributed by atoms with Crippen LogP contribution in [0.4, 0.5) is 0 Å². The van der Waals surface area contributed by atoms with E-state index in [4.69, 9.17) is 0 Å². The Morgan fingerprint density at radius 2 is 1.65 bits per heavy atom. The van der Waals surface area contributed by atoms with Gasteiger partial charge >= 0.3 is 0 Å². The van der Waals surface area contributed by atoms with Crippen LogP contribution in [0.5, 0.6) is 0 Å². The number of rotatable bonds is 14. The number of nitrogens with one attached hydrogen (secondary N) is 1. The molecule has 1 nitrogen and oxygen atoms in total. The van der Waals surface area contributed by atoms with E-state index in [1.54, 1.807) is 6.20 Å². The molecule has 1 N–H and O–H groups in total. The first-order valence-electron chi connectivity index (χ1n) is 13.0. The predicted octanol–water partition coefficient (Wildman–Crippen LogP) is 9.54. The van der Waals surface area contributed by atoms with E-state index in [0.717, 1.165) is 18.9 Å². The molecule has 1 atom stereocenters. The molecule has 0 aromatic heterocycles. The summed E-state index contributed by atoms with van der Waals surface area (Å²) < 4.78 is 0. The minimum atomic E-state index is 0.143. The van der Waals surface area contributed by atoms with Gasteiger partial charge in [0.2, 0.25) is 0 Å². The first-order valence-corrected chi connectivity index (χ1v) is 13.0. The summed E-state index contributed by atoms with van der Waals surface area (Å²) in [5.74, 6) is 0.884. The van der Waals surface area contributed by atoms with Crippen LogP contribution in [0, 0.1) is 12.8 Å². The number of hydrogen-bond acceptors (Lipinski definition) is 1. The van der Waals surface area contributed by atoms with Gasteiger partial charge < -0.3 is 5.32 Å². The van der Waals surface area contributed by atoms with Gasteiger partial charge in [0.25, 0.3) is 0 Å². The molecule has 31 heavy (non-hydrogen) atoms. The van der Waals surface area contributed by atoms with E-state index >= 15 is 0 Å². The highest BCUT2D eigenvalue weighted by Crippen LogP contribution is 2.37. The summed E-state index contributed by atoms with van der Waals surface area (Å²) in [6, 6.07) is 7.08. The molecule has 0 bridgehead atoms. The molecule has 1 aromatic rings. The average molecular weight is 430 g/mol. The maximum atomic E-state index is 4.19. The van der Waals surface area contributed by atoms with Crippen molar-refractivity contribution in [3.8, 4) is 0 Å². The van der Waals surface area contributed by atoms with Gasteiger partial charge in [-0.25, -0.2) is 0 Å². The van der Waals surface area contributed by atoms with Crippen LogP contribution in [0.25, 0.3) is 0 Å². The van der Waals surface area contributed by atoms with Gasteiger partial charge in [0.05, 0.1) is 0 Å². The maximum absolute atomic E-state index is 4.19. The monoisotopic (exact) mass is 429 g/mol. The van der Waals surface area contributed by atoms with Gasteiger partial charge in [-0.05, 0) is 67.8 Å². The molecule has 0 saturated heterocycles. The minimum Gasteiger partial charge on any atom is -0.391 e. The highest BCUT2D eigenvalue weighted by molar-refractivity contribution is 5.40. The third-order valence-corrected chi connectivity index (χ3v) is 6.08. The SMILES string of the molecule is C=CNCCCCCc1ccc(C)c(C(C=C)(CC)CCCC)c1.CC.CCC(C)C. The number of unbranched alkanes of at least 4 members (excludes halogenated alkanes) is 3. The molecule has 1 heteroatoms. The van der Waals surface area contributed by atoms with Gasteiger partial charge in [0, 0.05) is 12.0 Å². The van der Waals surface area contributed by atoms with Crippen molar-refractivity contribution in [1.29, 1.82) is 0 Å². The van der Waals surface area contributed by atoms with Gasteiger partial charge in [-0.3, -0.25) is 0 Å². The van der Waals surface area contributed by atoms with E-state index in [1.807, 2.05) is 13.8 Å². The Hall–Kier alpha value is -1.50. The van der Waals surface area contributed by atoms with Crippen molar-refractivity contribution < 1.29 is 0 Å². The standard InChI is InChI=1S/C23H37N.C5H12.C2H6/c1-6-10-17-23(7-2,8-3)22-19-21(16-15-20(22)5)14-12-11-13-18-24-9-4;1-4-5(2)3;1-2/h7,9,15-16,19,24H,2,4,6,8,10-14,17-18H2,1,3,5H3;5H,4H2,1-3H3;1-2H3. The molecule has 0 spiro atoms. The topological polar surface area (TPSA) is 12.0 Å². The van der Waals surface area contributed by atoms with Crippen LogP contribution in [0.1, 0.15) is 117 Å². The van der Waals surface area contributed by atoms with Gasteiger partial charge in [-0.15, -0.1) is 6.58 Å². The van der Waals surface area contributed by atoms with Gasteiger partial charge in [0.15, 0.2) is 0 Å².